The largest absolute Gasteiger partial charge is 0.416 e. The summed E-state index contributed by atoms with van der Waals surface area (Å²) in [6.45, 7) is -0.370. The van der Waals surface area contributed by atoms with Crippen molar-refractivity contribution < 1.29 is 22.8 Å². The maximum atomic E-state index is 12.7. The molecule has 0 heterocycles. The summed E-state index contributed by atoms with van der Waals surface area (Å²) in [4.78, 5) is 23.6. The average Bonchev–Trinajstić information content (AvgIpc) is 2.55. The second-order valence-corrected chi connectivity index (χ2v) is 6.31. The highest BCUT2D eigenvalue weighted by molar-refractivity contribution is 6.33. The normalized spacial score (nSPS) is 15.5. The summed E-state index contributed by atoms with van der Waals surface area (Å²) < 4.78 is 38.1. The van der Waals surface area contributed by atoms with Crippen molar-refractivity contribution in [3.63, 3.8) is 0 Å². The Morgan fingerprint density at radius 2 is 1.84 bits per heavy atom. The lowest BCUT2D eigenvalue weighted by molar-refractivity contribution is -0.137. The van der Waals surface area contributed by atoms with E-state index in [0.717, 1.165) is 50.3 Å². The Bertz CT molecular complexity index is 632. The van der Waals surface area contributed by atoms with Crippen LogP contribution in [0.3, 0.4) is 0 Å². The molecule has 0 aromatic heterocycles. The molecule has 3 N–H and O–H groups in total. The van der Waals surface area contributed by atoms with Gasteiger partial charge in [0.1, 0.15) is 0 Å². The van der Waals surface area contributed by atoms with Gasteiger partial charge in [0.15, 0.2) is 0 Å². The minimum atomic E-state index is -4.54. The van der Waals surface area contributed by atoms with Crippen molar-refractivity contribution in [2.45, 2.75) is 44.3 Å². The zero-order valence-corrected chi connectivity index (χ0v) is 14.1. The van der Waals surface area contributed by atoms with Crippen molar-refractivity contribution in [3.05, 3.63) is 28.8 Å². The number of urea groups is 1. The highest BCUT2D eigenvalue weighted by atomic mass is 35.5. The average molecular weight is 378 g/mol. The Kier molecular flexibility index (Phi) is 6.52. The molecule has 5 nitrogen and oxygen atoms in total. The molecule has 25 heavy (non-hydrogen) atoms. The number of hydrogen-bond donors (Lipinski definition) is 3. The van der Waals surface area contributed by atoms with Gasteiger partial charge in [0.2, 0.25) is 5.91 Å². The molecule has 0 spiro atoms. The molecular weight excluding hydrogens is 359 g/mol. The van der Waals surface area contributed by atoms with Gasteiger partial charge in [0, 0.05) is 6.04 Å². The summed E-state index contributed by atoms with van der Waals surface area (Å²) in [6, 6.07) is 2.26. The van der Waals surface area contributed by atoms with E-state index < -0.39 is 23.7 Å². The maximum absolute atomic E-state index is 12.7. The number of nitrogens with one attached hydrogen (secondary N) is 3. The van der Waals surface area contributed by atoms with Crippen LogP contribution in [0.4, 0.5) is 23.7 Å². The second kappa shape index (κ2) is 8.42. The van der Waals surface area contributed by atoms with Gasteiger partial charge in [-0.1, -0.05) is 30.9 Å². The summed E-state index contributed by atoms with van der Waals surface area (Å²) >= 11 is 5.80. The molecular formula is C16H19ClF3N3O2. The van der Waals surface area contributed by atoms with E-state index in [4.69, 9.17) is 11.6 Å². The predicted molar refractivity (Wildman–Crippen MR) is 88.5 cm³/mol. The molecule has 3 amide bonds. The Morgan fingerprint density at radius 3 is 2.48 bits per heavy atom. The van der Waals surface area contributed by atoms with Gasteiger partial charge in [-0.3, -0.25) is 4.79 Å². The van der Waals surface area contributed by atoms with Gasteiger partial charge < -0.3 is 16.0 Å². The van der Waals surface area contributed by atoms with Crippen LogP contribution in [0.1, 0.15) is 37.7 Å². The van der Waals surface area contributed by atoms with Gasteiger partial charge in [-0.2, -0.15) is 13.2 Å². The molecule has 0 aliphatic heterocycles. The fourth-order valence-electron chi connectivity index (χ4n) is 2.64. The lowest BCUT2D eigenvalue weighted by atomic mass is 9.96. The lowest BCUT2D eigenvalue weighted by Gasteiger charge is -2.22. The summed E-state index contributed by atoms with van der Waals surface area (Å²) in [5.74, 6) is -0.667. The smallest absolute Gasteiger partial charge is 0.335 e. The van der Waals surface area contributed by atoms with Crippen molar-refractivity contribution in [1.82, 2.24) is 10.6 Å². The summed E-state index contributed by atoms with van der Waals surface area (Å²) in [6.07, 6.45) is 0.528. The van der Waals surface area contributed by atoms with Crippen LogP contribution in [-0.4, -0.2) is 24.5 Å². The lowest BCUT2D eigenvalue weighted by Crippen LogP contribution is -2.45. The van der Waals surface area contributed by atoms with Crippen LogP contribution >= 0.6 is 11.6 Å². The molecule has 138 valence electrons. The van der Waals surface area contributed by atoms with Gasteiger partial charge in [-0.15, -0.1) is 0 Å². The standard InChI is InChI=1S/C16H19ClF3N3O2/c17-12-7-6-10(16(18,19)20)8-13(12)23-14(24)9-21-15(25)22-11-4-2-1-3-5-11/h6-8,11H,1-5,9H2,(H,23,24)(H2,21,22,25). The topological polar surface area (TPSA) is 70.2 Å². The Labute approximate surface area is 148 Å². The zero-order chi connectivity index (χ0) is 18.4. The molecule has 1 aliphatic carbocycles. The van der Waals surface area contributed by atoms with Crippen molar-refractivity contribution in [1.29, 1.82) is 0 Å². The minimum absolute atomic E-state index is 0.0204. The Balaban J connectivity index is 1.84. The summed E-state index contributed by atoms with van der Waals surface area (Å²) in [5.41, 5.74) is -1.08. The number of rotatable bonds is 4. The Hall–Kier alpha value is -1.96. The van der Waals surface area contributed by atoms with Gasteiger partial charge in [-0.05, 0) is 31.0 Å². The SMILES string of the molecule is O=C(CNC(=O)NC1CCCCC1)Nc1cc(C(F)(F)F)ccc1Cl. The Morgan fingerprint density at radius 1 is 1.16 bits per heavy atom. The van der Waals surface area contributed by atoms with Crippen molar-refractivity contribution in [2.24, 2.45) is 0 Å². The highest BCUT2D eigenvalue weighted by Gasteiger charge is 2.31. The minimum Gasteiger partial charge on any atom is -0.335 e. The van der Waals surface area contributed by atoms with Crippen LogP contribution in [0.25, 0.3) is 0 Å². The third kappa shape index (κ3) is 6.12. The van der Waals surface area contributed by atoms with Crippen LogP contribution in [0.2, 0.25) is 5.02 Å². The number of carbonyl (C=O) groups excluding carboxylic acids is 2. The number of halogens is 4. The molecule has 1 aromatic rings. The fourth-order valence-corrected chi connectivity index (χ4v) is 2.80. The summed E-state index contributed by atoms with van der Waals surface area (Å²) in [5, 5.41) is 7.41. The molecule has 1 aromatic carbocycles. The first-order valence-electron chi connectivity index (χ1n) is 7.96. The first-order valence-corrected chi connectivity index (χ1v) is 8.34. The van der Waals surface area contributed by atoms with E-state index in [1.54, 1.807) is 0 Å². The molecule has 0 bridgehead atoms. The number of carbonyl (C=O) groups is 2. The zero-order valence-electron chi connectivity index (χ0n) is 13.4. The molecule has 1 saturated carbocycles. The van der Waals surface area contributed by atoms with Crippen molar-refractivity contribution >= 4 is 29.2 Å². The number of anilines is 1. The molecule has 1 aliphatic rings. The molecule has 2 rings (SSSR count). The van der Waals surface area contributed by atoms with Crippen molar-refractivity contribution in [3.8, 4) is 0 Å². The van der Waals surface area contributed by atoms with Crippen LogP contribution < -0.4 is 16.0 Å². The van der Waals surface area contributed by atoms with Gasteiger partial charge in [0.25, 0.3) is 0 Å². The number of alkyl halides is 3. The first kappa shape index (κ1) is 19.4. The van der Waals surface area contributed by atoms with Crippen LogP contribution in [0.5, 0.6) is 0 Å². The van der Waals surface area contributed by atoms with Crippen LogP contribution in [0, 0.1) is 0 Å². The third-order valence-electron chi connectivity index (χ3n) is 3.92. The predicted octanol–water partition coefficient (Wildman–Crippen LogP) is 3.93. The monoisotopic (exact) mass is 377 g/mol. The van der Waals surface area contributed by atoms with Crippen LogP contribution in [0.15, 0.2) is 18.2 Å². The number of benzene rings is 1. The summed E-state index contributed by atoms with van der Waals surface area (Å²) in [7, 11) is 0. The highest BCUT2D eigenvalue weighted by Crippen LogP contribution is 2.33. The molecule has 1 fully saturated rings. The molecule has 0 saturated heterocycles. The third-order valence-corrected chi connectivity index (χ3v) is 4.25. The van der Waals surface area contributed by atoms with E-state index in [9.17, 15) is 22.8 Å². The quantitative estimate of drug-likeness (QED) is 0.744. The second-order valence-electron chi connectivity index (χ2n) is 5.90. The first-order chi connectivity index (χ1) is 11.8. The maximum Gasteiger partial charge on any atom is 0.416 e. The van der Waals surface area contributed by atoms with E-state index in [-0.39, 0.29) is 23.3 Å². The van der Waals surface area contributed by atoms with Gasteiger partial charge in [0.05, 0.1) is 22.8 Å². The van der Waals surface area contributed by atoms with Gasteiger partial charge >= 0.3 is 12.2 Å². The van der Waals surface area contributed by atoms with E-state index in [1.165, 1.54) is 0 Å². The molecule has 0 unspecified atom stereocenters. The number of hydrogen-bond acceptors (Lipinski definition) is 2. The van der Waals surface area contributed by atoms with E-state index in [0.29, 0.717) is 0 Å². The number of amides is 3. The van der Waals surface area contributed by atoms with E-state index in [2.05, 4.69) is 16.0 Å². The molecule has 0 radical (unpaired) electrons. The molecule has 0 atom stereocenters. The van der Waals surface area contributed by atoms with Gasteiger partial charge in [-0.25, -0.2) is 4.79 Å². The van der Waals surface area contributed by atoms with Crippen molar-refractivity contribution in [2.75, 3.05) is 11.9 Å². The van der Waals surface area contributed by atoms with E-state index in [1.807, 2.05) is 0 Å². The van der Waals surface area contributed by atoms with Crippen LogP contribution in [-0.2, 0) is 11.0 Å². The van der Waals surface area contributed by atoms with E-state index >= 15 is 0 Å². The fraction of sp³-hybridized carbons (Fsp3) is 0.500. The molecule has 9 heteroatoms.